The van der Waals surface area contributed by atoms with Crippen LogP contribution < -0.4 is 14.4 Å². The number of sulfone groups is 1. The van der Waals surface area contributed by atoms with Crippen LogP contribution in [0.5, 0.6) is 11.5 Å². The number of fused-ring (bicyclic) bond motifs is 1. The summed E-state index contributed by atoms with van der Waals surface area (Å²) in [4.78, 5) is 6.38. The van der Waals surface area contributed by atoms with Gasteiger partial charge in [-0.15, -0.1) is 0 Å². The summed E-state index contributed by atoms with van der Waals surface area (Å²) in [5.74, 6) is 1.42. The van der Waals surface area contributed by atoms with Gasteiger partial charge in [0.05, 0.1) is 18.1 Å². The molecule has 2 aliphatic heterocycles. The molecule has 1 aromatic heterocycles. The van der Waals surface area contributed by atoms with Crippen molar-refractivity contribution in [1.82, 2.24) is 4.98 Å². The Labute approximate surface area is 180 Å². The summed E-state index contributed by atoms with van der Waals surface area (Å²) < 4.78 is 49.7. The third-order valence-electron chi connectivity index (χ3n) is 5.25. The van der Waals surface area contributed by atoms with E-state index in [1.54, 1.807) is 6.07 Å². The fourth-order valence-corrected chi connectivity index (χ4v) is 4.90. The molecule has 0 N–H and O–H groups in total. The van der Waals surface area contributed by atoms with Crippen LogP contribution in [0, 0.1) is 6.92 Å². The van der Waals surface area contributed by atoms with Crippen molar-refractivity contribution in [3.05, 3.63) is 48.0 Å². The Morgan fingerprint density at radius 1 is 0.903 bits per heavy atom. The first-order valence-corrected chi connectivity index (χ1v) is 11.6. The zero-order valence-corrected chi connectivity index (χ0v) is 17.9. The molecule has 0 unspecified atom stereocenters. The average Bonchev–Trinajstić information content (AvgIpc) is 3.26. The summed E-state index contributed by atoms with van der Waals surface area (Å²) in [5, 5.41) is -0.110. The van der Waals surface area contributed by atoms with E-state index in [0.717, 1.165) is 5.56 Å². The minimum atomic E-state index is -3.97. The molecular weight excluding hydrogens is 420 g/mol. The Morgan fingerprint density at radius 3 is 2.35 bits per heavy atom. The average molecular weight is 442 g/mol. The van der Waals surface area contributed by atoms with Crippen LogP contribution in [0.2, 0.25) is 0 Å². The monoisotopic (exact) mass is 442 g/mol. The highest BCUT2D eigenvalue weighted by Gasteiger charge is 2.33. The fourth-order valence-electron chi connectivity index (χ4n) is 3.56. The summed E-state index contributed by atoms with van der Waals surface area (Å²) in [5.41, 5.74) is 1.80. The molecule has 2 aromatic carbocycles. The molecule has 0 amide bonds. The Bertz CT molecular complexity index is 1200. The summed E-state index contributed by atoms with van der Waals surface area (Å²) in [6.45, 7) is 4.81. The maximum atomic E-state index is 13.6. The number of aromatic nitrogens is 1. The molecule has 0 saturated carbocycles. The van der Waals surface area contributed by atoms with Gasteiger partial charge in [0.15, 0.2) is 11.5 Å². The first-order valence-electron chi connectivity index (χ1n) is 10.1. The van der Waals surface area contributed by atoms with E-state index in [0.29, 0.717) is 56.6 Å². The Morgan fingerprint density at radius 2 is 1.61 bits per heavy atom. The minimum Gasteiger partial charge on any atom is -0.486 e. The fraction of sp³-hybridized carbons (Fsp3) is 0.318. The van der Waals surface area contributed by atoms with E-state index in [9.17, 15) is 8.42 Å². The van der Waals surface area contributed by atoms with Gasteiger partial charge in [-0.25, -0.2) is 8.42 Å². The second-order valence-corrected chi connectivity index (χ2v) is 9.27. The van der Waals surface area contributed by atoms with E-state index in [-0.39, 0.29) is 21.7 Å². The van der Waals surface area contributed by atoms with Gasteiger partial charge in [0.25, 0.3) is 0 Å². The van der Waals surface area contributed by atoms with Crippen molar-refractivity contribution >= 4 is 15.7 Å². The highest BCUT2D eigenvalue weighted by molar-refractivity contribution is 7.91. The second kappa shape index (κ2) is 7.90. The molecule has 9 heteroatoms. The third-order valence-corrected chi connectivity index (χ3v) is 6.90. The predicted molar refractivity (Wildman–Crippen MR) is 113 cm³/mol. The van der Waals surface area contributed by atoms with Gasteiger partial charge < -0.3 is 23.5 Å². The Kier molecular flexibility index (Phi) is 5.07. The Hall–Kier alpha value is -3.04. The topological polar surface area (TPSA) is 91.1 Å². The van der Waals surface area contributed by atoms with Crippen LogP contribution in [0.1, 0.15) is 5.56 Å². The summed E-state index contributed by atoms with van der Waals surface area (Å²) in [6, 6.07) is 12.2. The van der Waals surface area contributed by atoms with Crippen molar-refractivity contribution in [3.8, 4) is 23.0 Å². The van der Waals surface area contributed by atoms with E-state index in [1.807, 2.05) is 36.1 Å². The number of oxazole rings is 1. The van der Waals surface area contributed by atoms with Crippen LogP contribution in [0.3, 0.4) is 0 Å². The standard InChI is InChI=1S/C22H22N2O6S/c1-15-2-4-16(5-3-15)20-23-21(22(30-20)24-8-10-27-11-9-24)31(25,26)17-6-7-18-19(14-17)29-13-12-28-18/h2-7,14H,8-13H2,1H3. The predicted octanol–water partition coefficient (Wildman–Crippen LogP) is 3.09. The van der Waals surface area contributed by atoms with E-state index in [4.69, 9.17) is 18.6 Å². The van der Waals surface area contributed by atoms with Gasteiger partial charge in [0.2, 0.25) is 26.6 Å². The molecule has 2 aliphatic rings. The number of rotatable bonds is 4. The molecule has 5 rings (SSSR count). The van der Waals surface area contributed by atoms with E-state index < -0.39 is 9.84 Å². The second-order valence-electron chi connectivity index (χ2n) is 7.40. The van der Waals surface area contributed by atoms with Gasteiger partial charge in [0.1, 0.15) is 13.2 Å². The van der Waals surface area contributed by atoms with Crippen molar-refractivity contribution in [3.63, 3.8) is 0 Å². The lowest BCUT2D eigenvalue weighted by Crippen LogP contribution is -2.36. The zero-order chi connectivity index (χ0) is 21.4. The lowest BCUT2D eigenvalue weighted by atomic mass is 10.1. The molecule has 8 nitrogen and oxygen atoms in total. The molecule has 0 spiro atoms. The van der Waals surface area contributed by atoms with Crippen molar-refractivity contribution in [2.24, 2.45) is 0 Å². The molecule has 3 heterocycles. The smallest absolute Gasteiger partial charge is 0.236 e. The molecule has 162 valence electrons. The van der Waals surface area contributed by atoms with Crippen LogP contribution in [-0.2, 0) is 14.6 Å². The number of ether oxygens (including phenoxy) is 3. The number of aryl methyl sites for hydroxylation is 1. The molecular formula is C22H22N2O6S. The number of benzene rings is 2. The molecule has 0 aliphatic carbocycles. The highest BCUT2D eigenvalue weighted by Crippen LogP contribution is 2.38. The lowest BCUT2D eigenvalue weighted by Gasteiger charge is -2.26. The van der Waals surface area contributed by atoms with Gasteiger partial charge in [-0.3, -0.25) is 0 Å². The summed E-state index contributed by atoms with van der Waals surface area (Å²) in [7, 11) is -3.97. The van der Waals surface area contributed by atoms with Gasteiger partial charge in [0, 0.05) is 24.7 Å². The van der Waals surface area contributed by atoms with Crippen LogP contribution in [0.15, 0.2) is 56.8 Å². The quantitative estimate of drug-likeness (QED) is 0.609. The van der Waals surface area contributed by atoms with Crippen molar-refractivity contribution in [1.29, 1.82) is 0 Å². The van der Waals surface area contributed by atoms with E-state index in [2.05, 4.69) is 4.98 Å². The molecule has 0 radical (unpaired) electrons. The van der Waals surface area contributed by atoms with Crippen LogP contribution >= 0.6 is 0 Å². The van der Waals surface area contributed by atoms with Gasteiger partial charge in [-0.2, -0.15) is 4.98 Å². The largest absolute Gasteiger partial charge is 0.486 e. The third kappa shape index (κ3) is 3.75. The summed E-state index contributed by atoms with van der Waals surface area (Å²) in [6.07, 6.45) is 0. The number of morpholine rings is 1. The summed E-state index contributed by atoms with van der Waals surface area (Å²) >= 11 is 0. The number of hydrogen-bond acceptors (Lipinski definition) is 8. The molecule has 31 heavy (non-hydrogen) atoms. The molecule has 0 bridgehead atoms. The van der Waals surface area contributed by atoms with Gasteiger partial charge in [-0.05, 0) is 31.2 Å². The van der Waals surface area contributed by atoms with E-state index >= 15 is 0 Å². The lowest BCUT2D eigenvalue weighted by molar-refractivity contribution is 0.120. The SMILES string of the molecule is Cc1ccc(-c2nc(S(=O)(=O)c3ccc4c(c3)OCCO4)c(N3CCOCC3)o2)cc1. The number of anilines is 1. The van der Waals surface area contributed by atoms with Crippen molar-refractivity contribution in [2.45, 2.75) is 16.8 Å². The number of nitrogens with zero attached hydrogens (tertiary/aromatic N) is 2. The first kappa shape index (κ1) is 19.9. The minimum absolute atomic E-state index is 0.0787. The maximum Gasteiger partial charge on any atom is 0.236 e. The zero-order valence-electron chi connectivity index (χ0n) is 17.0. The number of hydrogen-bond donors (Lipinski definition) is 0. The normalized spacial score (nSPS) is 16.4. The Balaban J connectivity index is 1.61. The first-order chi connectivity index (χ1) is 15.0. The highest BCUT2D eigenvalue weighted by atomic mass is 32.2. The van der Waals surface area contributed by atoms with E-state index in [1.165, 1.54) is 12.1 Å². The van der Waals surface area contributed by atoms with Crippen LogP contribution in [0.4, 0.5) is 5.88 Å². The maximum absolute atomic E-state index is 13.6. The van der Waals surface area contributed by atoms with Crippen LogP contribution in [-0.4, -0.2) is 52.9 Å². The van der Waals surface area contributed by atoms with Gasteiger partial charge in [-0.1, -0.05) is 17.7 Å². The molecule has 3 aromatic rings. The molecule has 0 atom stereocenters. The molecule has 1 fully saturated rings. The molecule has 1 saturated heterocycles. The van der Waals surface area contributed by atoms with Gasteiger partial charge >= 0.3 is 0 Å². The van der Waals surface area contributed by atoms with Crippen molar-refractivity contribution < 1.29 is 27.0 Å². The van der Waals surface area contributed by atoms with Crippen molar-refractivity contribution in [2.75, 3.05) is 44.4 Å². The van der Waals surface area contributed by atoms with Crippen LogP contribution in [0.25, 0.3) is 11.5 Å².